The molecule has 0 saturated carbocycles. The predicted molar refractivity (Wildman–Crippen MR) is 40.1 cm³/mol. The Kier molecular flexibility index (Phi) is 2.22. The molecular formula is C7H14N2. The molecule has 1 aliphatic rings. The first kappa shape index (κ1) is 6.75. The molecule has 1 rings (SSSR count). The molecule has 1 N–H and O–H groups in total. The molecule has 0 aliphatic carbocycles. The summed E-state index contributed by atoms with van der Waals surface area (Å²) < 4.78 is 0. The fourth-order valence-corrected chi connectivity index (χ4v) is 0.936. The van der Waals surface area contributed by atoms with Crippen molar-refractivity contribution in [1.82, 2.24) is 5.32 Å². The molecule has 0 bridgehead atoms. The second-order valence-electron chi connectivity index (χ2n) is 2.68. The van der Waals surface area contributed by atoms with Crippen molar-refractivity contribution in [2.45, 2.75) is 26.3 Å². The zero-order valence-corrected chi connectivity index (χ0v) is 6.15. The Bertz CT molecular complexity index is 118. The van der Waals surface area contributed by atoms with Crippen LogP contribution in [0.4, 0.5) is 0 Å². The number of nitrogens with one attached hydrogen (secondary N) is 1. The Morgan fingerprint density at radius 2 is 2.44 bits per heavy atom. The number of hydrogen-bond acceptors (Lipinski definition) is 2. The van der Waals surface area contributed by atoms with Gasteiger partial charge in [-0.2, -0.15) is 0 Å². The summed E-state index contributed by atoms with van der Waals surface area (Å²) in [5.41, 5.74) is 1.28. The normalized spacial score (nSPS) is 29.1. The molecule has 0 fully saturated rings. The van der Waals surface area contributed by atoms with E-state index in [4.69, 9.17) is 0 Å². The first-order valence-electron chi connectivity index (χ1n) is 3.52. The Morgan fingerprint density at radius 3 is 3.22 bits per heavy atom. The second kappa shape index (κ2) is 2.97. The van der Waals surface area contributed by atoms with Crippen molar-refractivity contribution in [3.63, 3.8) is 0 Å². The van der Waals surface area contributed by atoms with Crippen LogP contribution in [-0.4, -0.2) is 24.8 Å². The van der Waals surface area contributed by atoms with Crippen LogP contribution < -0.4 is 5.32 Å². The minimum Gasteiger partial charge on any atom is -0.312 e. The highest BCUT2D eigenvalue weighted by molar-refractivity contribution is 5.82. The fraction of sp³-hybridized carbons (Fsp3) is 0.857. The molecule has 0 aromatic heterocycles. The average Bonchev–Trinajstić information content (AvgIpc) is 1.97. The van der Waals surface area contributed by atoms with E-state index in [2.05, 4.69) is 24.2 Å². The van der Waals surface area contributed by atoms with Gasteiger partial charge in [0.05, 0.1) is 6.54 Å². The first-order chi connectivity index (χ1) is 4.29. The van der Waals surface area contributed by atoms with Crippen molar-refractivity contribution < 1.29 is 0 Å². The maximum Gasteiger partial charge on any atom is 0.0539 e. The van der Waals surface area contributed by atoms with E-state index in [0.29, 0.717) is 6.04 Å². The lowest BCUT2D eigenvalue weighted by Gasteiger charge is -2.05. The minimum absolute atomic E-state index is 0.572. The molecule has 52 valence electrons. The second-order valence-corrected chi connectivity index (χ2v) is 2.68. The van der Waals surface area contributed by atoms with Gasteiger partial charge in [0.2, 0.25) is 0 Å². The standard InChI is InChI=1S/C7H14N2/c1-6-3-4-8-7(2)5-9-6/h7-8H,3-5H2,1-2H3. The van der Waals surface area contributed by atoms with E-state index < -0.39 is 0 Å². The molecule has 2 heteroatoms. The first-order valence-corrected chi connectivity index (χ1v) is 3.52. The molecule has 9 heavy (non-hydrogen) atoms. The topological polar surface area (TPSA) is 24.4 Å². The van der Waals surface area contributed by atoms with Gasteiger partial charge in [0, 0.05) is 18.3 Å². The van der Waals surface area contributed by atoms with Crippen molar-refractivity contribution in [2.24, 2.45) is 4.99 Å². The number of aliphatic imine (C=N–C) groups is 1. The molecule has 0 aromatic rings. The van der Waals surface area contributed by atoms with Crippen LogP contribution in [0.25, 0.3) is 0 Å². The molecule has 0 saturated heterocycles. The number of hydrogen-bond donors (Lipinski definition) is 1. The highest BCUT2D eigenvalue weighted by Crippen LogP contribution is 1.94. The molecular weight excluding hydrogens is 112 g/mol. The van der Waals surface area contributed by atoms with Gasteiger partial charge in [-0.15, -0.1) is 0 Å². The van der Waals surface area contributed by atoms with E-state index in [1.165, 1.54) is 5.71 Å². The van der Waals surface area contributed by atoms with Gasteiger partial charge in [0.15, 0.2) is 0 Å². The Morgan fingerprint density at radius 1 is 1.67 bits per heavy atom. The van der Waals surface area contributed by atoms with Crippen LogP contribution in [0.2, 0.25) is 0 Å². The van der Waals surface area contributed by atoms with Gasteiger partial charge < -0.3 is 5.32 Å². The Balaban J connectivity index is 2.42. The number of rotatable bonds is 0. The van der Waals surface area contributed by atoms with E-state index in [0.717, 1.165) is 19.5 Å². The largest absolute Gasteiger partial charge is 0.312 e. The Labute approximate surface area is 56.4 Å². The summed E-state index contributed by atoms with van der Waals surface area (Å²) in [6, 6.07) is 0.572. The minimum atomic E-state index is 0.572. The summed E-state index contributed by atoms with van der Waals surface area (Å²) in [4.78, 5) is 4.36. The maximum absolute atomic E-state index is 4.36. The van der Waals surface area contributed by atoms with Crippen molar-refractivity contribution in [2.75, 3.05) is 13.1 Å². The maximum atomic E-state index is 4.36. The van der Waals surface area contributed by atoms with Gasteiger partial charge in [-0.05, 0) is 20.3 Å². The third kappa shape index (κ3) is 2.14. The fourth-order valence-electron chi connectivity index (χ4n) is 0.936. The van der Waals surface area contributed by atoms with Gasteiger partial charge in [-0.3, -0.25) is 4.99 Å². The molecule has 1 atom stereocenters. The SMILES string of the molecule is CC1=NCC(C)NCC1. The zero-order chi connectivity index (χ0) is 6.69. The molecule has 0 spiro atoms. The molecule has 0 radical (unpaired) electrons. The summed E-state index contributed by atoms with van der Waals surface area (Å²) >= 11 is 0. The average molecular weight is 126 g/mol. The van der Waals surface area contributed by atoms with E-state index in [1.807, 2.05) is 0 Å². The van der Waals surface area contributed by atoms with Gasteiger partial charge >= 0.3 is 0 Å². The summed E-state index contributed by atoms with van der Waals surface area (Å²) in [6.07, 6.45) is 1.12. The summed E-state index contributed by atoms with van der Waals surface area (Å²) in [5, 5.41) is 3.36. The van der Waals surface area contributed by atoms with E-state index in [1.54, 1.807) is 0 Å². The lowest BCUT2D eigenvalue weighted by atomic mass is 10.3. The molecule has 2 nitrogen and oxygen atoms in total. The molecule has 0 aromatic carbocycles. The molecule has 1 aliphatic heterocycles. The van der Waals surface area contributed by atoms with Crippen LogP contribution >= 0.6 is 0 Å². The van der Waals surface area contributed by atoms with E-state index in [-0.39, 0.29) is 0 Å². The Hall–Kier alpha value is -0.370. The lowest BCUT2D eigenvalue weighted by molar-refractivity contribution is 0.582. The van der Waals surface area contributed by atoms with Gasteiger partial charge in [0.25, 0.3) is 0 Å². The van der Waals surface area contributed by atoms with Crippen LogP contribution in [0.1, 0.15) is 20.3 Å². The highest BCUT2D eigenvalue weighted by Gasteiger charge is 2.03. The predicted octanol–water partition coefficient (Wildman–Crippen LogP) is 0.829. The number of nitrogens with zero attached hydrogens (tertiary/aromatic N) is 1. The van der Waals surface area contributed by atoms with Crippen LogP contribution in [0.5, 0.6) is 0 Å². The van der Waals surface area contributed by atoms with Gasteiger partial charge in [0.1, 0.15) is 0 Å². The third-order valence-corrected chi connectivity index (χ3v) is 1.61. The van der Waals surface area contributed by atoms with Crippen LogP contribution in [0.15, 0.2) is 4.99 Å². The summed E-state index contributed by atoms with van der Waals surface area (Å²) in [7, 11) is 0. The highest BCUT2D eigenvalue weighted by atomic mass is 15.0. The summed E-state index contributed by atoms with van der Waals surface area (Å²) in [6.45, 7) is 6.31. The van der Waals surface area contributed by atoms with E-state index >= 15 is 0 Å². The smallest absolute Gasteiger partial charge is 0.0539 e. The van der Waals surface area contributed by atoms with Crippen molar-refractivity contribution in [3.05, 3.63) is 0 Å². The van der Waals surface area contributed by atoms with Crippen molar-refractivity contribution >= 4 is 5.71 Å². The van der Waals surface area contributed by atoms with Crippen LogP contribution in [0.3, 0.4) is 0 Å². The van der Waals surface area contributed by atoms with E-state index in [9.17, 15) is 0 Å². The van der Waals surface area contributed by atoms with Crippen LogP contribution in [-0.2, 0) is 0 Å². The summed E-state index contributed by atoms with van der Waals surface area (Å²) in [5.74, 6) is 0. The zero-order valence-electron chi connectivity index (χ0n) is 6.15. The van der Waals surface area contributed by atoms with Gasteiger partial charge in [-0.25, -0.2) is 0 Å². The van der Waals surface area contributed by atoms with Gasteiger partial charge in [-0.1, -0.05) is 0 Å². The molecule has 1 heterocycles. The molecule has 1 unspecified atom stereocenters. The van der Waals surface area contributed by atoms with Crippen LogP contribution in [0, 0.1) is 0 Å². The van der Waals surface area contributed by atoms with Crippen molar-refractivity contribution in [1.29, 1.82) is 0 Å². The third-order valence-electron chi connectivity index (χ3n) is 1.61. The molecule has 0 amide bonds. The lowest BCUT2D eigenvalue weighted by Crippen LogP contribution is -2.27. The monoisotopic (exact) mass is 126 g/mol. The van der Waals surface area contributed by atoms with Crippen molar-refractivity contribution in [3.8, 4) is 0 Å². The quantitative estimate of drug-likeness (QED) is 0.511.